The van der Waals surface area contributed by atoms with Crippen LogP contribution in [-0.2, 0) is 27.2 Å². The Morgan fingerprint density at radius 3 is 2.23 bits per heavy atom. The minimum absolute atomic E-state index is 0.156. The van der Waals surface area contributed by atoms with Crippen LogP contribution >= 0.6 is 0 Å². The maximum absolute atomic E-state index is 12.5. The Balaban J connectivity index is 2.05. The molecule has 0 saturated carbocycles. The first-order valence-corrected chi connectivity index (χ1v) is 10.00. The number of ether oxygens (including phenoxy) is 1. The van der Waals surface area contributed by atoms with E-state index in [2.05, 4.69) is 10.6 Å². The number of nitrogens with two attached hydrogens (primary N) is 1. The predicted molar refractivity (Wildman–Crippen MR) is 115 cm³/mol. The minimum atomic E-state index is -0.829. The lowest BCUT2D eigenvalue weighted by atomic mass is 10.0. The average Bonchev–Trinajstić information content (AvgIpc) is 2.72. The summed E-state index contributed by atoms with van der Waals surface area (Å²) in [7, 11) is 0. The molecule has 0 aliphatic rings. The number of hydrogen-bond donors (Lipinski definition) is 3. The first-order chi connectivity index (χ1) is 14.4. The summed E-state index contributed by atoms with van der Waals surface area (Å²) in [5.41, 5.74) is 7.93. The van der Waals surface area contributed by atoms with E-state index in [0.717, 1.165) is 28.9 Å². The van der Waals surface area contributed by atoms with Crippen molar-refractivity contribution in [3.63, 3.8) is 0 Å². The van der Waals surface area contributed by atoms with Crippen LogP contribution in [0.1, 0.15) is 30.0 Å². The van der Waals surface area contributed by atoms with Crippen molar-refractivity contribution in [1.82, 2.24) is 10.6 Å². The van der Waals surface area contributed by atoms with Gasteiger partial charge in [-0.05, 0) is 36.6 Å². The van der Waals surface area contributed by atoms with Crippen LogP contribution in [0.4, 0.5) is 0 Å². The molecule has 0 bridgehead atoms. The van der Waals surface area contributed by atoms with E-state index in [-0.39, 0.29) is 25.3 Å². The van der Waals surface area contributed by atoms with Gasteiger partial charge in [-0.1, -0.05) is 48.9 Å². The Hall–Kier alpha value is -3.35. The van der Waals surface area contributed by atoms with Crippen molar-refractivity contribution in [2.24, 2.45) is 5.73 Å². The maximum atomic E-state index is 12.5. The maximum Gasteiger partial charge on any atom is 0.243 e. The molecular formula is C23H29N3O4. The lowest BCUT2D eigenvalue weighted by molar-refractivity contribution is -0.129. The summed E-state index contributed by atoms with van der Waals surface area (Å²) in [6, 6.07) is 14.2. The van der Waals surface area contributed by atoms with Gasteiger partial charge in [-0.2, -0.15) is 0 Å². The average molecular weight is 412 g/mol. The Labute approximate surface area is 177 Å². The second-order valence-electron chi connectivity index (χ2n) is 7.16. The highest BCUT2D eigenvalue weighted by Crippen LogP contribution is 2.14. The van der Waals surface area contributed by atoms with Gasteiger partial charge in [0.25, 0.3) is 0 Å². The summed E-state index contributed by atoms with van der Waals surface area (Å²) in [5.74, 6) is -0.636. The summed E-state index contributed by atoms with van der Waals surface area (Å²) in [4.78, 5) is 36.1. The van der Waals surface area contributed by atoms with Crippen LogP contribution in [0.25, 0.3) is 0 Å². The second kappa shape index (κ2) is 11.6. The molecule has 0 radical (unpaired) electrons. The van der Waals surface area contributed by atoms with E-state index in [1.807, 2.05) is 62.4 Å². The van der Waals surface area contributed by atoms with Crippen molar-refractivity contribution in [1.29, 1.82) is 0 Å². The van der Waals surface area contributed by atoms with Crippen LogP contribution in [0.15, 0.2) is 48.5 Å². The smallest absolute Gasteiger partial charge is 0.243 e. The molecule has 0 spiro atoms. The zero-order valence-corrected chi connectivity index (χ0v) is 17.4. The molecule has 3 amide bonds. The van der Waals surface area contributed by atoms with E-state index in [4.69, 9.17) is 10.5 Å². The number of hydrogen-bond acceptors (Lipinski definition) is 4. The molecule has 0 saturated heterocycles. The lowest BCUT2D eigenvalue weighted by Gasteiger charge is -2.19. The van der Waals surface area contributed by atoms with E-state index >= 15 is 0 Å². The molecule has 30 heavy (non-hydrogen) atoms. The van der Waals surface area contributed by atoms with E-state index in [1.165, 1.54) is 0 Å². The van der Waals surface area contributed by atoms with Crippen LogP contribution < -0.4 is 21.1 Å². The van der Waals surface area contributed by atoms with Crippen LogP contribution in [-0.4, -0.2) is 36.9 Å². The van der Waals surface area contributed by atoms with E-state index in [9.17, 15) is 14.4 Å². The molecule has 1 unspecified atom stereocenters. The van der Waals surface area contributed by atoms with Gasteiger partial charge in [-0.25, -0.2) is 0 Å². The van der Waals surface area contributed by atoms with Crippen LogP contribution in [0.2, 0.25) is 0 Å². The molecule has 2 aromatic rings. The van der Waals surface area contributed by atoms with Crippen molar-refractivity contribution >= 4 is 17.7 Å². The van der Waals surface area contributed by atoms with Crippen molar-refractivity contribution in [3.05, 3.63) is 65.2 Å². The van der Waals surface area contributed by atoms with Crippen molar-refractivity contribution in [2.45, 2.75) is 39.2 Å². The van der Waals surface area contributed by atoms with Crippen molar-refractivity contribution < 1.29 is 19.1 Å². The molecular weight excluding hydrogens is 382 g/mol. The second-order valence-corrected chi connectivity index (χ2v) is 7.16. The number of carbonyl (C=O) groups excluding carboxylic acids is 3. The third-order valence-corrected chi connectivity index (χ3v) is 4.41. The molecule has 1 atom stereocenters. The topological polar surface area (TPSA) is 111 Å². The molecule has 4 N–H and O–H groups in total. The van der Waals surface area contributed by atoms with Gasteiger partial charge >= 0.3 is 0 Å². The van der Waals surface area contributed by atoms with Gasteiger partial charge in [-0.15, -0.1) is 0 Å². The summed E-state index contributed by atoms with van der Waals surface area (Å²) in [5, 5.41) is 5.23. The highest BCUT2D eigenvalue weighted by atomic mass is 16.5. The molecule has 0 aliphatic carbocycles. The number of aryl methyl sites for hydroxylation is 1. The molecule has 0 heterocycles. The normalized spacial score (nSPS) is 11.4. The van der Waals surface area contributed by atoms with Gasteiger partial charge in [0.2, 0.25) is 17.7 Å². The summed E-state index contributed by atoms with van der Waals surface area (Å²) >= 11 is 0. The van der Waals surface area contributed by atoms with E-state index in [0.29, 0.717) is 6.61 Å². The van der Waals surface area contributed by atoms with E-state index < -0.39 is 17.9 Å². The van der Waals surface area contributed by atoms with Gasteiger partial charge < -0.3 is 21.1 Å². The first-order valence-electron chi connectivity index (χ1n) is 10.00. The Morgan fingerprint density at radius 2 is 1.63 bits per heavy atom. The lowest BCUT2D eigenvalue weighted by Crippen LogP contribution is -2.50. The largest absolute Gasteiger partial charge is 0.494 e. The first kappa shape index (κ1) is 22.9. The molecule has 7 nitrogen and oxygen atoms in total. The number of primary amides is 1. The van der Waals surface area contributed by atoms with Gasteiger partial charge in [0.05, 0.1) is 19.6 Å². The Bertz CT molecular complexity index is 848. The minimum Gasteiger partial charge on any atom is -0.494 e. The summed E-state index contributed by atoms with van der Waals surface area (Å²) in [6.45, 7) is 4.35. The molecule has 160 valence electrons. The zero-order chi connectivity index (χ0) is 21.9. The molecule has 0 fully saturated rings. The predicted octanol–water partition coefficient (Wildman–Crippen LogP) is 1.66. The monoisotopic (exact) mass is 411 g/mol. The van der Waals surface area contributed by atoms with Gasteiger partial charge in [0.1, 0.15) is 11.8 Å². The third kappa shape index (κ3) is 7.95. The Morgan fingerprint density at radius 1 is 1.00 bits per heavy atom. The third-order valence-electron chi connectivity index (χ3n) is 4.41. The van der Waals surface area contributed by atoms with Gasteiger partial charge in [0.15, 0.2) is 0 Å². The van der Waals surface area contributed by atoms with Crippen LogP contribution in [0, 0.1) is 6.92 Å². The molecule has 0 aromatic heterocycles. The fourth-order valence-electron chi connectivity index (χ4n) is 2.82. The SMILES string of the molecule is CCCOc1ccc(CC(NC(=O)Cc2ccc(C)cc2)C(=O)NCC(N)=O)cc1. The van der Waals surface area contributed by atoms with Crippen LogP contribution in [0.5, 0.6) is 5.75 Å². The molecule has 2 rings (SSSR count). The summed E-state index contributed by atoms with van der Waals surface area (Å²) in [6.07, 6.45) is 1.35. The molecule has 2 aromatic carbocycles. The standard InChI is InChI=1S/C23H29N3O4/c1-3-12-30-19-10-8-17(9-11-19)13-20(23(29)25-15-21(24)27)26-22(28)14-18-6-4-16(2)5-7-18/h4-11,20H,3,12-15H2,1-2H3,(H2,24,27)(H,25,29)(H,26,28). The fourth-order valence-corrected chi connectivity index (χ4v) is 2.82. The highest BCUT2D eigenvalue weighted by molar-refractivity contribution is 5.90. The fraction of sp³-hybridized carbons (Fsp3) is 0.348. The van der Waals surface area contributed by atoms with Crippen LogP contribution in [0.3, 0.4) is 0 Å². The molecule has 7 heteroatoms. The van der Waals surface area contributed by atoms with Crippen molar-refractivity contribution in [3.8, 4) is 5.75 Å². The number of rotatable bonds is 11. The van der Waals surface area contributed by atoms with E-state index in [1.54, 1.807) is 0 Å². The highest BCUT2D eigenvalue weighted by Gasteiger charge is 2.21. The Kier molecular flexibility index (Phi) is 8.87. The molecule has 0 aliphatic heterocycles. The number of nitrogens with one attached hydrogen (secondary N) is 2. The number of amides is 3. The zero-order valence-electron chi connectivity index (χ0n) is 17.4. The number of carbonyl (C=O) groups is 3. The van der Waals surface area contributed by atoms with Crippen molar-refractivity contribution in [2.75, 3.05) is 13.2 Å². The van der Waals surface area contributed by atoms with Gasteiger partial charge in [-0.3, -0.25) is 14.4 Å². The van der Waals surface area contributed by atoms with Gasteiger partial charge in [0, 0.05) is 6.42 Å². The summed E-state index contributed by atoms with van der Waals surface area (Å²) < 4.78 is 5.57. The number of benzene rings is 2. The quantitative estimate of drug-likeness (QED) is 0.522.